The van der Waals surface area contributed by atoms with Crippen LogP contribution >= 0.6 is 0 Å². The average molecular weight is 283 g/mol. The molecular weight excluding hydrogens is 266 g/mol. The highest BCUT2D eigenvalue weighted by molar-refractivity contribution is 5.96. The molecular formula is C12H17N3O5. The number of aliphatic hydroxyl groups excluding tert-OH is 1. The smallest absolute Gasteiger partial charge is 0.287 e. The largest absolute Gasteiger partial charge is 0.394 e. The third kappa shape index (κ3) is 3.41. The lowest BCUT2D eigenvalue weighted by Gasteiger charge is -2.35. The number of aromatic nitrogens is 1. The van der Waals surface area contributed by atoms with Crippen LogP contribution in [0.5, 0.6) is 0 Å². The molecule has 8 nitrogen and oxygen atoms in total. The molecule has 0 bridgehead atoms. The molecule has 2 unspecified atom stereocenters. The minimum atomic E-state index is -0.550. The van der Waals surface area contributed by atoms with E-state index in [2.05, 4.69) is 4.98 Å². The first-order valence-corrected chi connectivity index (χ1v) is 6.34. The molecule has 110 valence electrons. The van der Waals surface area contributed by atoms with Crippen LogP contribution in [-0.4, -0.2) is 64.1 Å². The van der Waals surface area contributed by atoms with Gasteiger partial charge in [-0.3, -0.25) is 19.8 Å². The number of H-pyrrole nitrogens is 1. The van der Waals surface area contributed by atoms with Gasteiger partial charge in [-0.2, -0.15) is 0 Å². The van der Waals surface area contributed by atoms with Crippen LogP contribution < -0.4 is 0 Å². The number of carbonyl (C=O) groups excluding carboxylic acids is 1. The molecule has 0 aliphatic carbocycles. The second-order valence-electron chi connectivity index (χ2n) is 4.90. The minimum absolute atomic E-state index is 0.0633. The summed E-state index contributed by atoms with van der Waals surface area (Å²) in [4.78, 5) is 26.6. The van der Waals surface area contributed by atoms with Gasteiger partial charge in [-0.15, -0.1) is 0 Å². The van der Waals surface area contributed by atoms with Crippen molar-refractivity contribution in [2.45, 2.75) is 19.1 Å². The van der Waals surface area contributed by atoms with Crippen molar-refractivity contribution in [3.8, 4) is 0 Å². The topological polar surface area (TPSA) is 109 Å². The van der Waals surface area contributed by atoms with E-state index in [1.807, 2.05) is 11.8 Å². The van der Waals surface area contributed by atoms with Crippen LogP contribution in [0.25, 0.3) is 0 Å². The normalized spacial score (nSPS) is 23.7. The van der Waals surface area contributed by atoms with Crippen LogP contribution in [0.3, 0.4) is 0 Å². The van der Waals surface area contributed by atoms with Gasteiger partial charge in [-0.05, 0) is 6.92 Å². The van der Waals surface area contributed by atoms with E-state index in [1.54, 1.807) is 0 Å². The molecule has 2 heterocycles. The average Bonchev–Trinajstić information content (AvgIpc) is 2.87. The summed E-state index contributed by atoms with van der Waals surface area (Å²) in [7, 11) is 0. The Labute approximate surface area is 115 Å². The highest BCUT2D eigenvalue weighted by Crippen LogP contribution is 2.15. The Morgan fingerprint density at radius 3 is 3.00 bits per heavy atom. The maximum Gasteiger partial charge on any atom is 0.287 e. The number of nitrogens with one attached hydrogen (secondary N) is 1. The van der Waals surface area contributed by atoms with Crippen molar-refractivity contribution >= 4 is 11.5 Å². The molecule has 0 saturated carbocycles. The molecule has 1 aliphatic heterocycles. The molecule has 1 aromatic rings. The maximum absolute atomic E-state index is 12.1. The zero-order chi connectivity index (χ0) is 14.7. The van der Waals surface area contributed by atoms with E-state index in [-0.39, 0.29) is 42.5 Å². The van der Waals surface area contributed by atoms with Gasteiger partial charge in [0, 0.05) is 19.2 Å². The number of morpholine rings is 1. The van der Waals surface area contributed by atoms with Crippen LogP contribution in [0.15, 0.2) is 12.3 Å². The predicted octanol–water partition coefficient (Wildman–Crippen LogP) is 0.187. The molecule has 8 heteroatoms. The van der Waals surface area contributed by atoms with Crippen LogP contribution in [0.2, 0.25) is 0 Å². The van der Waals surface area contributed by atoms with E-state index in [0.29, 0.717) is 13.1 Å². The molecule has 0 spiro atoms. The third-order valence-electron chi connectivity index (χ3n) is 3.15. The summed E-state index contributed by atoms with van der Waals surface area (Å²) in [6.07, 6.45) is 0.835. The van der Waals surface area contributed by atoms with Crippen LogP contribution in [0, 0.1) is 10.1 Å². The second-order valence-corrected chi connectivity index (χ2v) is 4.90. The molecule has 1 aromatic heterocycles. The summed E-state index contributed by atoms with van der Waals surface area (Å²) in [5.41, 5.74) is 0.0910. The van der Waals surface area contributed by atoms with E-state index >= 15 is 0 Å². The zero-order valence-corrected chi connectivity index (χ0v) is 11.1. The Bertz CT molecular complexity index is 501. The van der Waals surface area contributed by atoms with Gasteiger partial charge in [0.05, 0.1) is 42.2 Å². The first-order valence-electron chi connectivity index (χ1n) is 6.34. The van der Waals surface area contributed by atoms with E-state index < -0.39 is 4.92 Å². The lowest BCUT2D eigenvalue weighted by molar-refractivity contribution is -0.384. The fraction of sp³-hybridized carbons (Fsp3) is 0.583. The van der Waals surface area contributed by atoms with Gasteiger partial charge in [0.2, 0.25) is 0 Å². The highest BCUT2D eigenvalue weighted by Gasteiger charge is 2.27. The Balaban J connectivity index is 1.97. The molecule has 20 heavy (non-hydrogen) atoms. The Hall–Kier alpha value is -1.77. The molecule has 1 fully saturated rings. The van der Waals surface area contributed by atoms with E-state index in [4.69, 9.17) is 9.84 Å². The third-order valence-corrected chi connectivity index (χ3v) is 3.15. The SMILES string of the molecule is CC1CN(CC(=O)c2cc([N+](=O)[O-])c[nH]2)CC(CO)O1. The minimum Gasteiger partial charge on any atom is -0.394 e. The molecule has 0 amide bonds. The van der Waals surface area contributed by atoms with Gasteiger partial charge in [0.1, 0.15) is 0 Å². The lowest BCUT2D eigenvalue weighted by Crippen LogP contribution is -2.49. The van der Waals surface area contributed by atoms with Gasteiger partial charge in [-0.25, -0.2) is 0 Å². The fourth-order valence-electron chi connectivity index (χ4n) is 2.31. The summed E-state index contributed by atoms with van der Waals surface area (Å²) in [5.74, 6) is -0.219. The number of carbonyl (C=O) groups is 1. The van der Waals surface area contributed by atoms with E-state index in [9.17, 15) is 14.9 Å². The lowest BCUT2D eigenvalue weighted by atomic mass is 10.2. The van der Waals surface area contributed by atoms with Crippen LogP contribution in [0.1, 0.15) is 17.4 Å². The van der Waals surface area contributed by atoms with Crippen molar-refractivity contribution in [3.05, 3.63) is 28.1 Å². The number of hydrogen-bond acceptors (Lipinski definition) is 6. The Morgan fingerprint density at radius 2 is 2.40 bits per heavy atom. The summed E-state index contributed by atoms with van der Waals surface area (Å²) >= 11 is 0. The van der Waals surface area contributed by atoms with Crippen molar-refractivity contribution in [1.29, 1.82) is 0 Å². The van der Waals surface area contributed by atoms with Gasteiger partial charge >= 0.3 is 0 Å². The molecule has 0 radical (unpaired) electrons. The van der Waals surface area contributed by atoms with Crippen molar-refractivity contribution in [2.24, 2.45) is 0 Å². The number of rotatable bonds is 5. The standard InChI is InChI=1S/C12H17N3O5/c1-8-4-14(5-10(7-16)20-8)6-12(17)11-2-9(3-13-11)15(18)19/h2-3,8,10,13,16H,4-7H2,1H3. The Morgan fingerprint density at radius 1 is 1.65 bits per heavy atom. The number of ketones is 1. The van der Waals surface area contributed by atoms with Gasteiger partial charge in [-0.1, -0.05) is 0 Å². The molecule has 0 aromatic carbocycles. The van der Waals surface area contributed by atoms with Crippen molar-refractivity contribution in [1.82, 2.24) is 9.88 Å². The van der Waals surface area contributed by atoms with E-state index in [0.717, 1.165) is 0 Å². The first kappa shape index (κ1) is 14.6. The maximum atomic E-state index is 12.1. The van der Waals surface area contributed by atoms with Gasteiger partial charge in [0.25, 0.3) is 5.69 Å². The van der Waals surface area contributed by atoms with Crippen LogP contribution in [0.4, 0.5) is 5.69 Å². The number of aliphatic hydroxyl groups is 1. The highest BCUT2D eigenvalue weighted by atomic mass is 16.6. The number of nitrogens with zero attached hydrogens (tertiary/aromatic N) is 2. The molecule has 2 rings (SSSR count). The predicted molar refractivity (Wildman–Crippen MR) is 69.6 cm³/mol. The number of hydrogen-bond donors (Lipinski definition) is 2. The molecule has 2 N–H and O–H groups in total. The quantitative estimate of drug-likeness (QED) is 0.453. The van der Waals surface area contributed by atoms with Crippen molar-refractivity contribution in [2.75, 3.05) is 26.2 Å². The number of nitro groups is 1. The first-order chi connectivity index (χ1) is 9.49. The number of ether oxygens (including phenoxy) is 1. The zero-order valence-electron chi connectivity index (χ0n) is 11.1. The van der Waals surface area contributed by atoms with Gasteiger partial charge < -0.3 is 14.8 Å². The fourth-order valence-corrected chi connectivity index (χ4v) is 2.31. The summed E-state index contributed by atoms with van der Waals surface area (Å²) < 4.78 is 5.49. The summed E-state index contributed by atoms with van der Waals surface area (Å²) in [6, 6.07) is 1.23. The summed E-state index contributed by atoms with van der Waals surface area (Å²) in [6.45, 7) is 2.98. The molecule has 2 atom stereocenters. The number of Topliss-reactive ketones (excluding diaryl/α,β-unsaturated/α-hetero) is 1. The second kappa shape index (κ2) is 6.12. The Kier molecular flexibility index (Phi) is 4.48. The van der Waals surface area contributed by atoms with Gasteiger partial charge in [0.15, 0.2) is 5.78 Å². The number of aromatic amines is 1. The van der Waals surface area contributed by atoms with Crippen LogP contribution in [-0.2, 0) is 4.74 Å². The van der Waals surface area contributed by atoms with Crippen molar-refractivity contribution in [3.63, 3.8) is 0 Å². The molecule has 1 aliphatic rings. The molecule has 1 saturated heterocycles. The van der Waals surface area contributed by atoms with Crippen molar-refractivity contribution < 1.29 is 19.6 Å². The monoisotopic (exact) mass is 283 g/mol. The van der Waals surface area contributed by atoms with E-state index in [1.165, 1.54) is 12.3 Å². The summed E-state index contributed by atoms with van der Waals surface area (Å²) in [5, 5.41) is 19.7.